The highest BCUT2D eigenvalue weighted by molar-refractivity contribution is 8.00. The predicted octanol–water partition coefficient (Wildman–Crippen LogP) is 5.68. The Kier molecular flexibility index (Phi) is 8.41. The van der Waals surface area contributed by atoms with Crippen LogP contribution in [0.15, 0.2) is 66.9 Å². The number of rotatable bonds is 7. The van der Waals surface area contributed by atoms with Crippen molar-refractivity contribution < 1.29 is 14.3 Å². The Morgan fingerprint density at radius 3 is 2.55 bits per heavy atom. The third kappa shape index (κ3) is 5.79. The number of carbonyl (C=O) groups excluding carboxylic acids is 2. The van der Waals surface area contributed by atoms with Crippen molar-refractivity contribution in [2.24, 2.45) is 0 Å². The Morgan fingerprint density at radius 2 is 1.83 bits per heavy atom. The molecule has 4 aromatic rings. The average Bonchev–Trinajstić information content (AvgIpc) is 3.31. The van der Waals surface area contributed by atoms with Crippen LogP contribution in [0.4, 0.5) is 5.82 Å². The smallest absolute Gasteiger partial charge is 0.240 e. The summed E-state index contributed by atoms with van der Waals surface area (Å²) in [6.45, 7) is 10.6. The zero-order chi connectivity index (χ0) is 30.0. The van der Waals surface area contributed by atoms with E-state index < -0.39 is 0 Å². The number of hydrogen-bond donors (Lipinski definition) is 1. The van der Waals surface area contributed by atoms with Crippen molar-refractivity contribution in [3.63, 3.8) is 0 Å². The second-order valence-electron chi connectivity index (χ2n) is 11.5. The van der Waals surface area contributed by atoms with Crippen molar-refractivity contribution in [3.05, 3.63) is 101 Å². The quantitative estimate of drug-likeness (QED) is 0.301. The maximum atomic E-state index is 14.0. The molecule has 1 aliphatic rings. The lowest BCUT2D eigenvalue weighted by atomic mass is 9.87. The zero-order valence-corrected chi connectivity index (χ0v) is 25.8. The molecule has 0 spiro atoms. The van der Waals surface area contributed by atoms with E-state index in [1.165, 1.54) is 11.8 Å². The van der Waals surface area contributed by atoms with Gasteiger partial charge in [0.1, 0.15) is 18.1 Å². The topological polar surface area (TPSA) is 89.3 Å². The standard InChI is InChI=1S/C33H37N5O3S/c1-21-12-11-15-25(22(21)2)38-32-29(31(36-38)33(3,4)5)30(24-14-7-8-16-26(24)41-6)42-20-28(40)37(32)19-27(39)35-18-23-13-9-10-17-34-23/h7-17,30H,18-20H2,1-6H3,(H,35,39). The fourth-order valence-corrected chi connectivity index (χ4v) is 6.45. The Hall–Kier alpha value is -4.11. The zero-order valence-electron chi connectivity index (χ0n) is 25.0. The van der Waals surface area contributed by atoms with Crippen LogP contribution in [0.2, 0.25) is 0 Å². The van der Waals surface area contributed by atoms with E-state index in [4.69, 9.17) is 9.84 Å². The van der Waals surface area contributed by atoms with E-state index in [0.29, 0.717) is 5.82 Å². The molecular formula is C33H37N5O3S. The number of ether oxygens (including phenoxy) is 1. The summed E-state index contributed by atoms with van der Waals surface area (Å²) in [6, 6.07) is 19.6. The molecular weight excluding hydrogens is 546 g/mol. The lowest BCUT2D eigenvalue weighted by Gasteiger charge is -2.25. The largest absolute Gasteiger partial charge is 0.496 e. The number of nitrogens with one attached hydrogen (secondary N) is 1. The number of methoxy groups -OCH3 is 1. The summed E-state index contributed by atoms with van der Waals surface area (Å²) in [6.07, 6.45) is 1.69. The number of benzene rings is 2. The average molecular weight is 584 g/mol. The Morgan fingerprint density at radius 1 is 1.07 bits per heavy atom. The molecule has 1 aliphatic heterocycles. The van der Waals surface area contributed by atoms with Crippen LogP contribution >= 0.6 is 11.8 Å². The molecule has 0 bridgehead atoms. The van der Waals surface area contributed by atoms with Crippen LogP contribution in [0.25, 0.3) is 5.69 Å². The van der Waals surface area contributed by atoms with Crippen molar-refractivity contribution in [1.82, 2.24) is 20.1 Å². The van der Waals surface area contributed by atoms with Crippen molar-refractivity contribution >= 4 is 29.4 Å². The number of para-hydroxylation sites is 1. The fraction of sp³-hybridized carbons (Fsp3) is 0.333. The van der Waals surface area contributed by atoms with E-state index in [9.17, 15) is 9.59 Å². The van der Waals surface area contributed by atoms with Gasteiger partial charge in [0, 0.05) is 22.7 Å². The number of fused-ring (bicyclic) bond motifs is 1. The molecule has 42 heavy (non-hydrogen) atoms. The number of nitrogens with zero attached hydrogens (tertiary/aromatic N) is 4. The van der Waals surface area contributed by atoms with E-state index in [1.807, 2.05) is 59.3 Å². The summed E-state index contributed by atoms with van der Waals surface area (Å²) >= 11 is 1.54. The van der Waals surface area contributed by atoms with Crippen molar-refractivity contribution in [2.75, 3.05) is 24.3 Å². The van der Waals surface area contributed by atoms with Gasteiger partial charge in [0.15, 0.2) is 0 Å². The second kappa shape index (κ2) is 12.0. The minimum absolute atomic E-state index is 0.141. The first-order valence-electron chi connectivity index (χ1n) is 14.0. The highest BCUT2D eigenvalue weighted by atomic mass is 32.2. The van der Waals surface area contributed by atoms with E-state index >= 15 is 0 Å². The number of hydrogen-bond acceptors (Lipinski definition) is 6. The van der Waals surface area contributed by atoms with Crippen LogP contribution in [0.5, 0.6) is 5.75 Å². The van der Waals surface area contributed by atoms with Gasteiger partial charge < -0.3 is 10.1 Å². The predicted molar refractivity (Wildman–Crippen MR) is 167 cm³/mol. The number of carbonyl (C=O) groups is 2. The molecule has 3 heterocycles. The molecule has 218 valence electrons. The number of thioether (sulfide) groups is 1. The van der Waals surface area contributed by atoms with Crippen LogP contribution in [0.3, 0.4) is 0 Å². The van der Waals surface area contributed by atoms with Gasteiger partial charge in [-0.25, -0.2) is 4.68 Å². The van der Waals surface area contributed by atoms with Crippen LogP contribution in [0, 0.1) is 13.8 Å². The molecule has 0 fully saturated rings. The molecule has 1 atom stereocenters. The molecule has 2 aromatic carbocycles. The van der Waals surface area contributed by atoms with Crippen LogP contribution in [-0.2, 0) is 21.5 Å². The highest BCUT2D eigenvalue weighted by Crippen LogP contribution is 2.50. The molecule has 8 nitrogen and oxygen atoms in total. The van der Waals surface area contributed by atoms with Crippen LogP contribution in [0.1, 0.15) is 59.7 Å². The number of pyridine rings is 1. The van der Waals surface area contributed by atoms with Gasteiger partial charge in [-0.05, 0) is 49.2 Å². The summed E-state index contributed by atoms with van der Waals surface area (Å²) < 4.78 is 7.66. The van der Waals surface area contributed by atoms with Crippen LogP contribution < -0.4 is 15.0 Å². The summed E-state index contributed by atoms with van der Waals surface area (Å²) in [5, 5.41) is 7.92. The highest BCUT2D eigenvalue weighted by Gasteiger charge is 2.40. The molecule has 0 saturated carbocycles. The number of aryl methyl sites for hydroxylation is 1. The molecule has 9 heteroatoms. The fourth-order valence-electron chi connectivity index (χ4n) is 5.23. The van der Waals surface area contributed by atoms with Crippen molar-refractivity contribution in [1.29, 1.82) is 0 Å². The summed E-state index contributed by atoms with van der Waals surface area (Å²) in [5.41, 5.74) is 6.19. The monoisotopic (exact) mass is 583 g/mol. The van der Waals surface area contributed by atoms with Gasteiger partial charge in [-0.1, -0.05) is 57.2 Å². The van der Waals surface area contributed by atoms with Gasteiger partial charge in [0.05, 0.1) is 41.7 Å². The SMILES string of the molecule is COc1ccccc1C1SCC(=O)N(CC(=O)NCc2ccccn2)c2c1c(C(C)(C)C)nn2-c1cccc(C)c1C. The third-order valence-electron chi connectivity index (χ3n) is 7.52. The van der Waals surface area contributed by atoms with Crippen molar-refractivity contribution in [3.8, 4) is 11.4 Å². The molecule has 1 N–H and O–H groups in total. The molecule has 0 radical (unpaired) electrons. The first kappa shape index (κ1) is 29.4. The molecule has 1 unspecified atom stereocenters. The van der Waals surface area contributed by atoms with E-state index in [2.05, 4.69) is 51.0 Å². The Bertz CT molecular complexity index is 1610. The maximum absolute atomic E-state index is 14.0. The van der Waals surface area contributed by atoms with E-state index in [-0.39, 0.29) is 41.3 Å². The maximum Gasteiger partial charge on any atom is 0.240 e. The lowest BCUT2D eigenvalue weighted by molar-refractivity contribution is -0.123. The summed E-state index contributed by atoms with van der Waals surface area (Å²) in [5.74, 6) is 1.13. The second-order valence-corrected chi connectivity index (χ2v) is 12.6. The third-order valence-corrected chi connectivity index (χ3v) is 8.76. The molecule has 0 aliphatic carbocycles. The van der Waals surface area contributed by atoms with Gasteiger partial charge in [-0.15, -0.1) is 11.8 Å². The first-order chi connectivity index (χ1) is 20.1. The van der Waals surface area contributed by atoms with Gasteiger partial charge in [0.25, 0.3) is 0 Å². The summed E-state index contributed by atoms with van der Waals surface area (Å²) in [7, 11) is 1.66. The van der Waals surface area contributed by atoms with E-state index in [0.717, 1.165) is 45.1 Å². The summed E-state index contributed by atoms with van der Waals surface area (Å²) in [4.78, 5) is 33.2. The number of aromatic nitrogens is 3. The Labute approximate surface area is 251 Å². The van der Waals surface area contributed by atoms with Gasteiger partial charge in [0.2, 0.25) is 11.8 Å². The van der Waals surface area contributed by atoms with Crippen LogP contribution in [-0.4, -0.2) is 46.0 Å². The van der Waals surface area contributed by atoms with Gasteiger partial charge >= 0.3 is 0 Å². The molecule has 0 saturated heterocycles. The van der Waals surface area contributed by atoms with Gasteiger partial charge in [-0.3, -0.25) is 19.5 Å². The number of amides is 2. The molecule has 2 amide bonds. The van der Waals surface area contributed by atoms with E-state index in [1.54, 1.807) is 18.2 Å². The minimum atomic E-state index is -0.353. The van der Waals surface area contributed by atoms with Gasteiger partial charge in [-0.2, -0.15) is 5.10 Å². The minimum Gasteiger partial charge on any atom is -0.496 e. The normalized spacial score (nSPS) is 15.2. The first-order valence-corrected chi connectivity index (χ1v) is 15.1. The van der Waals surface area contributed by atoms with Crippen molar-refractivity contribution in [2.45, 2.75) is 51.8 Å². The molecule has 5 rings (SSSR count). The lowest BCUT2D eigenvalue weighted by Crippen LogP contribution is -2.42. The number of anilines is 1. The molecule has 2 aromatic heterocycles. The Balaban J connectivity index is 1.71.